The van der Waals surface area contributed by atoms with Gasteiger partial charge in [-0.3, -0.25) is 4.79 Å². The molecule has 0 bridgehead atoms. The Balaban J connectivity index is 3.66. The van der Waals surface area contributed by atoms with Gasteiger partial charge in [0.05, 0.1) is 18.8 Å². The van der Waals surface area contributed by atoms with Crippen molar-refractivity contribution in [3.05, 3.63) is 134 Å². The molecular formula is C68H115NO3. The molecule has 2 atom stereocenters. The van der Waals surface area contributed by atoms with Crippen molar-refractivity contribution in [2.75, 3.05) is 6.61 Å². The third-order valence-corrected chi connectivity index (χ3v) is 13.1. The summed E-state index contributed by atoms with van der Waals surface area (Å²) in [5.41, 5.74) is 0. The van der Waals surface area contributed by atoms with Gasteiger partial charge in [-0.05, 0) is 109 Å². The number of carbonyl (C=O) groups is 1. The van der Waals surface area contributed by atoms with Gasteiger partial charge in [-0.15, -0.1) is 0 Å². The predicted octanol–water partition coefficient (Wildman–Crippen LogP) is 20.6. The molecule has 0 heterocycles. The number of hydrogen-bond acceptors (Lipinski definition) is 3. The number of unbranched alkanes of at least 4 members (excludes halogenated alkanes) is 27. The van der Waals surface area contributed by atoms with Crippen LogP contribution < -0.4 is 5.32 Å². The first kappa shape index (κ1) is 68.5. The van der Waals surface area contributed by atoms with Crippen molar-refractivity contribution in [2.24, 2.45) is 0 Å². The molecule has 0 fully saturated rings. The summed E-state index contributed by atoms with van der Waals surface area (Å²) in [6, 6.07) is -0.666. The number of hydrogen-bond donors (Lipinski definition) is 3. The van der Waals surface area contributed by atoms with Crippen LogP contribution in [0.25, 0.3) is 0 Å². The standard InChI is InChI=1S/C68H115NO3/c1-3-5-7-9-11-13-15-17-19-21-23-25-27-29-31-33-34-36-38-40-42-44-46-48-50-52-54-56-58-60-62-64-68(72)69-66(65-70)67(71)63-61-59-57-55-53-51-49-47-45-43-41-39-37-35-32-30-28-26-24-22-20-18-16-14-12-10-8-6-4-2/h5,7,11,13,17,19,23,25,29,31,34,36,40,42,45-48,53,55,61,63,66-67,70-71H,3-4,6,8-10,12,14-16,18,20-22,24,26-28,30,32-33,35,37-39,41,43-44,49-52,54,56-60,62,64-65H2,1-2H3,(H,69,72)/b7-5-,13-11-,19-17-,25-23-,31-29-,36-34-,42-40-,47-45+,48-46-,55-53+,63-61+. The van der Waals surface area contributed by atoms with Crippen LogP contribution in [0.2, 0.25) is 0 Å². The first-order valence-electron chi connectivity index (χ1n) is 30.4. The second kappa shape index (κ2) is 61.8. The lowest BCUT2D eigenvalue weighted by Gasteiger charge is -2.19. The zero-order chi connectivity index (χ0) is 52.0. The summed E-state index contributed by atoms with van der Waals surface area (Å²) in [6.07, 6.45) is 96.3. The topological polar surface area (TPSA) is 69.6 Å². The van der Waals surface area contributed by atoms with E-state index < -0.39 is 12.1 Å². The van der Waals surface area contributed by atoms with Crippen LogP contribution in [-0.4, -0.2) is 34.9 Å². The summed E-state index contributed by atoms with van der Waals surface area (Å²) in [4.78, 5) is 12.5. The molecule has 0 saturated carbocycles. The van der Waals surface area contributed by atoms with Crippen LogP contribution in [-0.2, 0) is 4.79 Å². The molecular weight excluding hydrogens is 879 g/mol. The van der Waals surface area contributed by atoms with Gasteiger partial charge in [0.2, 0.25) is 5.91 Å². The monoisotopic (exact) mass is 994 g/mol. The van der Waals surface area contributed by atoms with Crippen LogP contribution in [0.3, 0.4) is 0 Å². The van der Waals surface area contributed by atoms with Crippen LogP contribution in [0.15, 0.2) is 134 Å². The fraction of sp³-hybridized carbons (Fsp3) is 0.662. The summed E-state index contributed by atoms with van der Waals surface area (Å²) in [6.45, 7) is 4.18. The predicted molar refractivity (Wildman–Crippen MR) is 322 cm³/mol. The first-order chi connectivity index (χ1) is 35.7. The molecule has 0 aromatic rings. The molecule has 0 radical (unpaired) electrons. The zero-order valence-electron chi connectivity index (χ0n) is 47.2. The minimum absolute atomic E-state index is 0.0967. The minimum atomic E-state index is -0.889. The van der Waals surface area contributed by atoms with Crippen LogP contribution >= 0.6 is 0 Å². The van der Waals surface area contributed by atoms with E-state index in [1.165, 1.54) is 148 Å². The molecule has 0 aliphatic heterocycles. The smallest absolute Gasteiger partial charge is 0.220 e. The number of aliphatic hydroxyl groups is 2. The van der Waals surface area contributed by atoms with Crippen molar-refractivity contribution in [2.45, 2.75) is 283 Å². The normalized spacial score (nSPS) is 13.8. The Hall–Kier alpha value is -3.47. The number of carbonyl (C=O) groups excluding carboxylic acids is 1. The van der Waals surface area contributed by atoms with Crippen molar-refractivity contribution >= 4 is 5.91 Å². The van der Waals surface area contributed by atoms with E-state index >= 15 is 0 Å². The molecule has 1 amide bonds. The lowest BCUT2D eigenvalue weighted by molar-refractivity contribution is -0.123. The highest BCUT2D eigenvalue weighted by Crippen LogP contribution is 2.16. The maximum Gasteiger partial charge on any atom is 0.220 e. The molecule has 410 valence electrons. The third kappa shape index (κ3) is 57.4. The molecule has 0 spiro atoms. The Morgan fingerprint density at radius 3 is 0.972 bits per heavy atom. The van der Waals surface area contributed by atoms with E-state index in [-0.39, 0.29) is 12.5 Å². The molecule has 3 N–H and O–H groups in total. The quantitative estimate of drug-likeness (QED) is 0.0420. The van der Waals surface area contributed by atoms with Gasteiger partial charge in [0.25, 0.3) is 0 Å². The fourth-order valence-electron chi connectivity index (χ4n) is 8.52. The van der Waals surface area contributed by atoms with Gasteiger partial charge in [0.1, 0.15) is 0 Å². The van der Waals surface area contributed by atoms with Gasteiger partial charge in [-0.25, -0.2) is 0 Å². The second-order valence-corrected chi connectivity index (χ2v) is 20.0. The summed E-state index contributed by atoms with van der Waals surface area (Å²) < 4.78 is 0. The van der Waals surface area contributed by atoms with Gasteiger partial charge in [0.15, 0.2) is 0 Å². The lowest BCUT2D eigenvalue weighted by Crippen LogP contribution is -2.45. The van der Waals surface area contributed by atoms with Crippen molar-refractivity contribution in [3.63, 3.8) is 0 Å². The lowest BCUT2D eigenvalue weighted by atomic mass is 10.0. The van der Waals surface area contributed by atoms with Crippen LogP contribution in [0.4, 0.5) is 0 Å². The molecule has 0 aliphatic rings. The fourth-order valence-corrected chi connectivity index (χ4v) is 8.52. The van der Waals surface area contributed by atoms with E-state index in [1.54, 1.807) is 6.08 Å². The maximum atomic E-state index is 12.5. The molecule has 0 aromatic heterocycles. The van der Waals surface area contributed by atoms with Crippen molar-refractivity contribution in [1.82, 2.24) is 5.32 Å². The highest BCUT2D eigenvalue weighted by atomic mass is 16.3. The van der Waals surface area contributed by atoms with Crippen molar-refractivity contribution in [1.29, 1.82) is 0 Å². The van der Waals surface area contributed by atoms with Gasteiger partial charge in [0, 0.05) is 6.42 Å². The minimum Gasteiger partial charge on any atom is -0.394 e. The molecule has 2 unspecified atom stereocenters. The Bertz CT molecular complexity index is 1450. The van der Waals surface area contributed by atoms with Crippen LogP contribution in [0.5, 0.6) is 0 Å². The number of allylic oxidation sites excluding steroid dienone is 21. The average molecular weight is 995 g/mol. The number of rotatable bonds is 54. The Labute approximate surface area is 447 Å². The molecule has 0 rings (SSSR count). The van der Waals surface area contributed by atoms with Gasteiger partial charge < -0.3 is 15.5 Å². The Morgan fingerprint density at radius 2 is 0.625 bits per heavy atom. The first-order valence-corrected chi connectivity index (χ1v) is 30.4. The van der Waals surface area contributed by atoms with E-state index in [1.807, 2.05) is 6.08 Å². The van der Waals surface area contributed by atoms with E-state index in [2.05, 4.69) is 141 Å². The largest absolute Gasteiger partial charge is 0.394 e. The molecule has 4 heteroatoms. The summed E-state index contributed by atoms with van der Waals surface area (Å²) in [7, 11) is 0. The SMILES string of the molecule is CC/C=C\C/C=C\C/C=C\C/C=C\C/C=C\C/C=C\C/C=C\C/C=C\CCCCCCCCC(=O)NC(CO)C(O)/C=C/CC/C=C/CC/C=C/CCCCCCCCCCCCCCCCCCCCC. The van der Waals surface area contributed by atoms with Crippen molar-refractivity contribution in [3.8, 4) is 0 Å². The van der Waals surface area contributed by atoms with Crippen molar-refractivity contribution < 1.29 is 15.0 Å². The number of aliphatic hydroxyl groups excluding tert-OH is 2. The molecule has 72 heavy (non-hydrogen) atoms. The highest BCUT2D eigenvalue weighted by Gasteiger charge is 2.18. The molecule has 4 nitrogen and oxygen atoms in total. The summed E-state index contributed by atoms with van der Waals surface area (Å²) in [5, 5.41) is 23.2. The summed E-state index contributed by atoms with van der Waals surface area (Å²) >= 11 is 0. The number of amides is 1. The molecule has 0 saturated heterocycles. The van der Waals surface area contributed by atoms with E-state index in [0.717, 1.165) is 103 Å². The Morgan fingerprint density at radius 1 is 0.347 bits per heavy atom. The molecule has 0 aliphatic carbocycles. The number of nitrogens with one attached hydrogen (secondary N) is 1. The van der Waals surface area contributed by atoms with Crippen LogP contribution in [0, 0.1) is 0 Å². The van der Waals surface area contributed by atoms with Gasteiger partial charge in [-0.1, -0.05) is 289 Å². The third-order valence-electron chi connectivity index (χ3n) is 13.1. The maximum absolute atomic E-state index is 12.5. The van der Waals surface area contributed by atoms with E-state index in [9.17, 15) is 15.0 Å². The average Bonchev–Trinajstić information content (AvgIpc) is 3.39. The zero-order valence-corrected chi connectivity index (χ0v) is 47.2. The highest BCUT2D eigenvalue weighted by molar-refractivity contribution is 5.76. The van der Waals surface area contributed by atoms with Gasteiger partial charge >= 0.3 is 0 Å². The second-order valence-electron chi connectivity index (χ2n) is 20.0. The molecule has 0 aromatic carbocycles. The summed E-state index contributed by atoms with van der Waals surface area (Å²) in [5.74, 6) is -0.0967. The van der Waals surface area contributed by atoms with E-state index in [4.69, 9.17) is 0 Å². The van der Waals surface area contributed by atoms with E-state index in [0.29, 0.717) is 6.42 Å². The van der Waals surface area contributed by atoms with Crippen LogP contribution in [0.1, 0.15) is 271 Å². The Kier molecular flexibility index (Phi) is 58.8. The van der Waals surface area contributed by atoms with Gasteiger partial charge in [-0.2, -0.15) is 0 Å².